The predicted molar refractivity (Wildman–Crippen MR) is 83.1 cm³/mol. The van der Waals surface area contributed by atoms with Gasteiger partial charge in [-0.15, -0.1) is 0 Å². The minimum atomic E-state index is -0.448. The van der Waals surface area contributed by atoms with E-state index in [0.717, 1.165) is 43.0 Å². The quantitative estimate of drug-likeness (QED) is 0.504. The second-order valence-electron chi connectivity index (χ2n) is 5.82. The number of fused-ring (bicyclic) bond motifs is 1. The maximum atomic E-state index is 12.3. The number of benzene rings is 1. The van der Waals surface area contributed by atoms with Crippen LogP contribution in [-0.2, 0) is 0 Å². The van der Waals surface area contributed by atoms with Crippen molar-refractivity contribution in [2.24, 2.45) is 0 Å². The molecule has 1 saturated carbocycles. The maximum absolute atomic E-state index is 12.3. The lowest BCUT2D eigenvalue weighted by atomic mass is 10.1. The first-order valence-corrected chi connectivity index (χ1v) is 7.50. The molecule has 0 saturated heterocycles. The number of hydrogen-bond acceptors (Lipinski definition) is 3. The number of aromatic amines is 1. The van der Waals surface area contributed by atoms with Gasteiger partial charge in [0.1, 0.15) is 5.69 Å². The highest BCUT2D eigenvalue weighted by atomic mass is 16.3. The van der Waals surface area contributed by atoms with Gasteiger partial charge in [0.2, 0.25) is 0 Å². The van der Waals surface area contributed by atoms with Crippen molar-refractivity contribution in [1.29, 1.82) is 0 Å². The van der Waals surface area contributed by atoms with Gasteiger partial charge in [0.15, 0.2) is 0 Å². The average Bonchev–Trinajstić information content (AvgIpc) is 2.78. The molecule has 5 heteroatoms. The Labute approximate surface area is 123 Å². The summed E-state index contributed by atoms with van der Waals surface area (Å²) in [7, 11) is 0. The number of nitrogens with two attached hydrogens (primary N) is 1. The number of aliphatic hydroxyl groups is 1. The largest absolute Gasteiger partial charge is 0.399 e. The van der Waals surface area contributed by atoms with Gasteiger partial charge < -0.3 is 21.1 Å². The lowest BCUT2D eigenvalue weighted by Gasteiger charge is -2.21. The first-order valence-electron chi connectivity index (χ1n) is 7.50. The van der Waals surface area contributed by atoms with Crippen molar-refractivity contribution < 1.29 is 9.90 Å². The monoisotopic (exact) mass is 287 g/mol. The summed E-state index contributed by atoms with van der Waals surface area (Å²) in [5, 5.41) is 13.9. The highest BCUT2D eigenvalue weighted by Crippen LogP contribution is 2.20. The summed E-state index contributed by atoms with van der Waals surface area (Å²) in [6.45, 7) is 0. The molecule has 1 aromatic heterocycles. The molecule has 5 N–H and O–H groups in total. The number of amides is 1. The van der Waals surface area contributed by atoms with Crippen molar-refractivity contribution in [3.05, 3.63) is 30.0 Å². The fraction of sp³-hybridized carbons (Fsp3) is 0.438. The van der Waals surface area contributed by atoms with Crippen LogP contribution < -0.4 is 11.1 Å². The third-order valence-electron chi connectivity index (χ3n) is 4.19. The molecule has 1 heterocycles. The number of nitrogens with one attached hydrogen (secondary N) is 2. The van der Waals surface area contributed by atoms with Crippen LogP contribution in [0.4, 0.5) is 5.69 Å². The molecule has 2 atom stereocenters. The second kappa shape index (κ2) is 5.77. The second-order valence-corrected chi connectivity index (χ2v) is 5.82. The molecule has 112 valence electrons. The van der Waals surface area contributed by atoms with Gasteiger partial charge in [0.25, 0.3) is 5.91 Å². The lowest BCUT2D eigenvalue weighted by Crippen LogP contribution is -2.42. The molecule has 0 radical (unpaired) electrons. The fourth-order valence-corrected chi connectivity index (χ4v) is 2.98. The van der Waals surface area contributed by atoms with Crippen LogP contribution in [0.5, 0.6) is 0 Å². The molecule has 0 spiro atoms. The summed E-state index contributed by atoms with van der Waals surface area (Å²) < 4.78 is 0. The van der Waals surface area contributed by atoms with E-state index in [-0.39, 0.29) is 11.9 Å². The molecule has 2 unspecified atom stereocenters. The Hall–Kier alpha value is -2.01. The molecule has 0 aliphatic heterocycles. The Balaban J connectivity index is 1.76. The van der Waals surface area contributed by atoms with Crippen molar-refractivity contribution in [1.82, 2.24) is 10.3 Å². The van der Waals surface area contributed by atoms with Crippen LogP contribution in [0.3, 0.4) is 0 Å². The van der Waals surface area contributed by atoms with Crippen LogP contribution in [0.1, 0.15) is 42.6 Å². The van der Waals surface area contributed by atoms with E-state index < -0.39 is 6.10 Å². The topological polar surface area (TPSA) is 91.1 Å². The van der Waals surface area contributed by atoms with Crippen LogP contribution in [0.2, 0.25) is 0 Å². The Morgan fingerprint density at radius 1 is 1.24 bits per heavy atom. The standard InChI is InChI=1S/C16H21N3O2/c17-11-6-7-12-10(8-11)9-14(18-12)16(21)19-13-4-2-1-3-5-15(13)20/h6-9,13,15,18,20H,1-5,17H2,(H,19,21). The summed E-state index contributed by atoms with van der Waals surface area (Å²) in [5.74, 6) is -0.171. The van der Waals surface area contributed by atoms with E-state index in [4.69, 9.17) is 5.73 Å². The highest BCUT2D eigenvalue weighted by Gasteiger charge is 2.24. The van der Waals surface area contributed by atoms with E-state index in [9.17, 15) is 9.90 Å². The van der Waals surface area contributed by atoms with Crippen molar-refractivity contribution in [3.63, 3.8) is 0 Å². The number of carbonyl (C=O) groups excluding carboxylic acids is 1. The smallest absolute Gasteiger partial charge is 0.268 e. The number of aromatic nitrogens is 1. The molecule has 1 aliphatic rings. The molecule has 21 heavy (non-hydrogen) atoms. The van der Waals surface area contributed by atoms with Crippen molar-refractivity contribution >= 4 is 22.5 Å². The molecule has 1 amide bonds. The molecule has 3 rings (SSSR count). The van der Waals surface area contributed by atoms with Gasteiger partial charge >= 0.3 is 0 Å². The van der Waals surface area contributed by atoms with Crippen molar-refractivity contribution in [3.8, 4) is 0 Å². The number of H-pyrrole nitrogens is 1. The Kier molecular flexibility index (Phi) is 3.84. The van der Waals surface area contributed by atoms with E-state index in [0.29, 0.717) is 11.4 Å². The Bertz CT molecular complexity index is 650. The van der Waals surface area contributed by atoms with Gasteiger partial charge in [0, 0.05) is 16.6 Å². The summed E-state index contributed by atoms with van der Waals surface area (Å²) in [4.78, 5) is 15.4. The predicted octanol–water partition coefficient (Wildman–Crippen LogP) is 2.17. The third kappa shape index (κ3) is 3.03. The molecule has 1 aliphatic carbocycles. The average molecular weight is 287 g/mol. The number of rotatable bonds is 2. The van der Waals surface area contributed by atoms with Gasteiger partial charge in [-0.1, -0.05) is 19.3 Å². The summed E-state index contributed by atoms with van der Waals surface area (Å²) >= 11 is 0. The summed E-state index contributed by atoms with van der Waals surface area (Å²) in [6.07, 6.45) is 4.34. The zero-order valence-electron chi connectivity index (χ0n) is 11.9. The number of carbonyl (C=O) groups is 1. The molecule has 0 bridgehead atoms. The van der Waals surface area contributed by atoms with Gasteiger partial charge in [-0.05, 0) is 37.1 Å². The Morgan fingerprint density at radius 3 is 2.90 bits per heavy atom. The van der Waals surface area contributed by atoms with E-state index in [2.05, 4.69) is 10.3 Å². The number of hydrogen-bond donors (Lipinski definition) is 4. The number of anilines is 1. The van der Waals surface area contributed by atoms with E-state index in [1.54, 1.807) is 12.1 Å². The molecule has 2 aromatic rings. The summed E-state index contributed by atoms with van der Waals surface area (Å²) in [5.41, 5.74) is 7.81. The van der Waals surface area contributed by atoms with E-state index in [1.165, 1.54) is 0 Å². The van der Waals surface area contributed by atoms with Gasteiger partial charge in [-0.25, -0.2) is 0 Å². The van der Waals surface area contributed by atoms with Crippen LogP contribution in [0, 0.1) is 0 Å². The van der Waals surface area contributed by atoms with Crippen molar-refractivity contribution in [2.75, 3.05) is 5.73 Å². The van der Waals surface area contributed by atoms with E-state index >= 15 is 0 Å². The molecular weight excluding hydrogens is 266 g/mol. The van der Waals surface area contributed by atoms with Gasteiger partial charge in [-0.2, -0.15) is 0 Å². The Morgan fingerprint density at radius 2 is 2.05 bits per heavy atom. The number of aliphatic hydroxyl groups excluding tert-OH is 1. The first-order chi connectivity index (χ1) is 10.1. The first kappa shape index (κ1) is 13.9. The van der Waals surface area contributed by atoms with Crippen LogP contribution in [0.15, 0.2) is 24.3 Å². The van der Waals surface area contributed by atoms with E-state index in [1.807, 2.05) is 12.1 Å². The molecule has 1 fully saturated rings. The number of nitrogen functional groups attached to an aromatic ring is 1. The van der Waals surface area contributed by atoms with Crippen LogP contribution in [-0.4, -0.2) is 28.1 Å². The SMILES string of the molecule is Nc1ccc2[nH]c(C(=O)NC3CCCCCC3O)cc2c1. The normalized spacial score (nSPS) is 22.9. The molecule has 5 nitrogen and oxygen atoms in total. The van der Waals surface area contributed by atoms with Crippen molar-refractivity contribution in [2.45, 2.75) is 44.2 Å². The van der Waals surface area contributed by atoms with Gasteiger partial charge in [-0.3, -0.25) is 4.79 Å². The fourth-order valence-electron chi connectivity index (χ4n) is 2.98. The minimum absolute atomic E-state index is 0.156. The third-order valence-corrected chi connectivity index (χ3v) is 4.19. The van der Waals surface area contributed by atoms with Gasteiger partial charge in [0.05, 0.1) is 12.1 Å². The lowest BCUT2D eigenvalue weighted by molar-refractivity contribution is 0.0815. The highest BCUT2D eigenvalue weighted by molar-refractivity contribution is 5.98. The summed E-state index contributed by atoms with van der Waals surface area (Å²) in [6, 6.07) is 7.14. The van der Waals surface area contributed by atoms with Crippen LogP contribution >= 0.6 is 0 Å². The minimum Gasteiger partial charge on any atom is -0.399 e. The van der Waals surface area contributed by atoms with Crippen LogP contribution in [0.25, 0.3) is 10.9 Å². The maximum Gasteiger partial charge on any atom is 0.268 e. The zero-order chi connectivity index (χ0) is 14.8. The molecule has 1 aromatic carbocycles. The zero-order valence-corrected chi connectivity index (χ0v) is 11.9. The molecular formula is C16H21N3O2.